The Morgan fingerprint density at radius 2 is 1.66 bits per heavy atom. The van der Waals surface area contributed by atoms with E-state index in [0.717, 1.165) is 27.6 Å². The standard InChI is InChI=1S/C21H14N6O2/c22-21(29)15-10-13(6-8-19(15)28)23-24-14-5-7-16-18(11-14)27-17-4-2-1-3-12(17)9-20(27)26-25-16/h1-11,28H,(H2,22,29)/b24-23+. The minimum Gasteiger partial charge on any atom is -0.507 e. The summed E-state index contributed by atoms with van der Waals surface area (Å²) in [5, 5.41) is 27.8. The molecule has 1 amide bonds. The lowest BCUT2D eigenvalue weighted by molar-refractivity contribution is 0.0998. The van der Waals surface area contributed by atoms with E-state index in [1.54, 1.807) is 12.1 Å². The predicted octanol–water partition coefficient (Wildman–Crippen LogP) is 4.26. The first-order chi connectivity index (χ1) is 14.1. The summed E-state index contributed by atoms with van der Waals surface area (Å²) in [6.45, 7) is 0. The Balaban J connectivity index is 1.63. The fourth-order valence-electron chi connectivity index (χ4n) is 3.31. The average molecular weight is 382 g/mol. The molecule has 0 unspecified atom stereocenters. The first-order valence-electron chi connectivity index (χ1n) is 8.81. The largest absolute Gasteiger partial charge is 0.507 e. The van der Waals surface area contributed by atoms with Crippen LogP contribution in [0.3, 0.4) is 0 Å². The van der Waals surface area contributed by atoms with Gasteiger partial charge in [0.05, 0.1) is 28.0 Å². The molecule has 0 aliphatic rings. The van der Waals surface area contributed by atoms with Crippen molar-refractivity contribution in [2.24, 2.45) is 16.0 Å². The Kier molecular flexibility index (Phi) is 3.70. The SMILES string of the molecule is NC(=O)c1cc(/N=N/c2ccc3nnc4cc5ccccc5n4c3c2)ccc1O. The normalized spacial score (nSPS) is 11.7. The molecule has 0 spiro atoms. The number of fused-ring (bicyclic) bond motifs is 5. The number of benzene rings is 3. The van der Waals surface area contributed by atoms with Gasteiger partial charge in [-0.25, -0.2) is 0 Å². The molecule has 29 heavy (non-hydrogen) atoms. The maximum absolute atomic E-state index is 11.4. The number of phenols is 1. The summed E-state index contributed by atoms with van der Waals surface area (Å²) in [4.78, 5) is 11.4. The summed E-state index contributed by atoms with van der Waals surface area (Å²) in [6, 6.07) is 19.8. The van der Waals surface area contributed by atoms with Crippen molar-refractivity contribution < 1.29 is 9.90 Å². The number of primary amides is 1. The van der Waals surface area contributed by atoms with Gasteiger partial charge in [-0.3, -0.25) is 9.20 Å². The number of aromatic hydroxyl groups is 1. The number of nitrogens with zero attached hydrogens (tertiary/aromatic N) is 5. The summed E-state index contributed by atoms with van der Waals surface area (Å²) in [6.07, 6.45) is 0. The molecule has 8 heteroatoms. The lowest BCUT2D eigenvalue weighted by Crippen LogP contribution is -2.10. The van der Waals surface area contributed by atoms with Crippen LogP contribution in [0.5, 0.6) is 5.75 Å². The van der Waals surface area contributed by atoms with E-state index in [0.29, 0.717) is 11.4 Å². The van der Waals surface area contributed by atoms with Gasteiger partial charge in [0.25, 0.3) is 5.91 Å². The average Bonchev–Trinajstić information content (AvgIpc) is 3.12. The van der Waals surface area contributed by atoms with Crippen molar-refractivity contribution in [2.75, 3.05) is 0 Å². The Bertz CT molecular complexity index is 1450. The Labute approximate surface area is 163 Å². The highest BCUT2D eigenvalue weighted by Gasteiger charge is 2.10. The van der Waals surface area contributed by atoms with Gasteiger partial charge in [-0.2, -0.15) is 10.2 Å². The molecule has 5 rings (SSSR count). The molecule has 2 aromatic heterocycles. The van der Waals surface area contributed by atoms with Gasteiger partial charge in [0.15, 0.2) is 5.65 Å². The number of carbonyl (C=O) groups excluding carboxylic acids is 1. The topological polar surface area (TPSA) is 118 Å². The van der Waals surface area contributed by atoms with E-state index in [1.165, 1.54) is 12.1 Å². The molecule has 0 radical (unpaired) electrons. The fourth-order valence-corrected chi connectivity index (χ4v) is 3.31. The zero-order chi connectivity index (χ0) is 20.0. The number of carbonyl (C=O) groups is 1. The molecule has 8 nitrogen and oxygen atoms in total. The Morgan fingerprint density at radius 3 is 2.48 bits per heavy atom. The van der Waals surface area contributed by atoms with E-state index in [1.807, 2.05) is 46.9 Å². The third-order valence-corrected chi connectivity index (χ3v) is 4.68. The number of hydrogen-bond donors (Lipinski definition) is 2. The maximum Gasteiger partial charge on any atom is 0.252 e. The lowest BCUT2D eigenvalue weighted by Gasteiger charge is -2.04. The molecule has 0 atom stereocenters. The number of nitrogens with two attached hydrogens (primary N) is 1. The molecule has 0 aliphatic carbocycles. The third-order valence-electron chi connectivity index (χ3n) is 4.68. The molecule has 5 aromatic rings. The van der Waals surface area contributed by atoms with Crippen LogP contribution in [0.25, 0.3) is 27.6 Å². The van der Waals surface area contributed by atoms with Crippen LogP contribution in [0.15, 0.2) is 77.0 Å². The molecular formula is C21H14N6O2. The molecule has 0 saturated heterocycles. The van der Waals surface area contributed by atoms with Crippen molar-refractivity contribution in [1.29, 1.82) is 0 Å². The summed E-state index contributed by atoms with van der Waals surface area (Å²) in [5.41, 5.74) is 9.63. The van der Waals surface area contributed by atoms with Crippen LogP contribution in [0.4, 0.5) is 11.4 Å². The monoisotopic (exact) mass is 382 g/mol. The van der Waals surface area contributed by atoms with Crippen LogP contribution in [-0.4, -0.2) is 25.6 Å². The van der Waals surface area contributed by atoms with Gasteiger partial charge in [0, 0.05) is 5.39 Å². The minimum atomic E-state index is -0.731. The fraction of sp³-hybridized carbons (Fsp3) is 0. The summed E-state index contributed by atoms with van der Waals surface area (Å²) < 4.78 is 2.03. The molecule has 3 N–H and O–H groups in total. The second-order valence-electron chi connectivity index (χ2n) is 6.54. The number of rotatable bonds is 3. The summed E-state index contributed by atoms with van der Waals surface area (Å²) >= 11 is 0. The van der Waals surface area contributed by atoms with E-state index < -0.39 is 5.91 Å². The van der Waals surface area contributed by atoms with Crippen LogP contribution < -0.4 is 5.73 Å². The lowest BCUT2D eigenvalue weighted by atomic mass is 10.2. The van der Waals surface area contributed by atoms with Crippen molar-refractivity contribution >= 4 is 44.9 Å². The van der Waals surface area contributed by atoms with Crippen molar-refractivity contribution in [3.8, 4) is 5.75 Å². The van der Waals surface area contributed by atoms with E-state index in [4.69, 9.17) is 5.73 Å². The van der Waals surface area contributed by atoms with Crippen LogP contribution in [-0.2, 0) is 0 Å². The number of amides is 1. The predicted molar refractivity (Wildman–Crippen MR) is 109 cm³/mol. The van der Waals surface area contributed by atoms with Gasteiger partial charge in [0.2, 0.25) is 0 Å². The highest BCUT2D eigenvalue weighted by molar-refractivity contribution is 5.96. The molecular weight excluding hydrogens is 368 g/mol. The van der Waals surface area contributed by atoms with E-state index in [9.17, 15) is 9.90 Å². The van der Waals surface area contributed by atoms with Gasteiger partial charge in [-0.15, -0.1) is 10.2 Å². The highest BCUT2D eigenvalue weighted by Crippen LogP contribution is 2.28. The van der Waals surface area contributed by atoms with E-state index in [-0.39, 0.29) is 11.3 Å². The second-order valence-corrected chi connectivity index (χ2v) is 6.54. The zero-order valence-corrected chi connectivity index (χ0v) is 15.0. The number of hydrogen-bond acceptors (Lipinski definition) is 6. The summed E-state index contributed by atoms with van der Waals surface area (Å²) in [5.74, 6) is -0.923. The first-order valence-corrected chi connectivity index (χ1v) is 8.81. The van der Waals surface area contributed by atoms with E-state index >= 15 is 0 Å². The van der Waals surface area contributed by atoms with Gasteiger partial charge in [-0.05, 0) is 48.5 Å². The van der Waals surface area contributed by atoms with Crippen molar-refractivity contribution in [1.82, 2.24) is 14.6 Å². The minimum absolute atomic E-state index is 0.00393. The van der Waals surface area contributed by atoms with Gasteiger partial charge in [0.1, 0.15) is 11.3 Å². The zero-order valence-electron chi connectivity index (χ0n) is 15.0. The smallest absolute Gasteiger partial charge is 0.252 e. The number of azo groups is 1. The molecule has 2 heterocycles. The number of para-hydroxylation sites is 1. The van der Waals surface area contributed by atoms with Crippen molar-refractivity contribution in [3.63, 3.8) is 0 Å². The first kappa shape index (κ1) is 16.8. The van der Waals surface area contributed by atoms with Crippen LogP contribution in [0.2, 0.25) is 0 Å². The van der Waals surface area contributed by atoms with Gasteiger partial charge >= 0.3 is 0 Å². The summed E-state index contributed by atoms with van der Waals surface area (Å²) in [7, 11) is 0. The van der Waals surface area contributed by atoms with Crippen molar-refractivity contribution in [2.45, 2.75) is 0 Å². The molecule has 3 aromatic carbocycles. The van der Waals surface area contributed by atoms with E-state index in [2.05, 4.69) is 20.4 Å². The van der Waals surface area contributed by atoms with Crippen LogP contribution in [0.1, 0.15) is 10.4 Å². The molecule has 140 valence electrons. The highest BCUT2D eigenvalue weighted by atomic mass is 16.3. The maximum atomic E-state index is 11.4. The molecule has 0 bridgehead atoms. The van der Waals surface area contributed by atoms with Gasteiger partial charge < -0.3 is 10.8 Å². The number of aromatic nitrogens is 3. The van der Waals surface area contributed by atoms with Gasteiger partial charge in [-0.1, -0.05) is 18.2 Å². The molecule has 0 fully saturated rings. The quantitative estimate of drug-likeness (QED) is 0.453. The van der Waals surface area contributed by atoms with Crippen LogP contribution in [0, 0.1) is 0 Å². The Morgan fingerprint density at radius 1 is 0.897 bits per heavy atom. The molecule has 0 saturated carbocycles. The van der Waals surface area contributed by atoms with Crippen molar-refractivity contribution in [3.05, 3.63) is 72.3 Å². The Hall–Kier alpha value is -4.33. The molecule has 0 aliphatic heterocycles. The third kappa shape index (κ3) is 2.83. The van der Waals surface area contributed by atoms with Crippen LogP contribution >= 0.6 is 0 Å². The second kappa shape index (κ2) is 6.38.